The average molecular weight is 276 g/mol. The molecule has 20 heavy (non-hydrogen) atoms. The fraction of sp³-hybridized carbons (Fsp3) is 0.765. The predicted molar refractivity (Wildman–Crippen MR) is 82.1 cm³/mol. The molecule has 1 heterocycles. The van der Waals surface area contributed by atoms with Crippen LogP contribution in [0.2, 0.25) is 0 Å². The molecule has 0 unspecified atom stereocenters. The summed E-state index contributed by atoms with van der Waals surface area (Å²) in [6.07, 6.45) is 10.5. The van der Waals surface area contributed by atoms with E-state index in [9.17, 15) is 4.79 Å². The first-order valence-electron chi connectivity index (χ1n) is 8.24. The van der Waals surface area contributed by atoms with Crippen LogP contribution in [-0.2, 0) is 6.42 Å². The summed E-state index contributed by atoms with van der Waals surface area (Å²) in [7, 11) is 0. The van der Waals surface area contributed by atoms with E-state index in [0.717, 1.165) is 30.7 Å². The molecule has 3 heteroatoms. The van der Waals surface area contributed by atoms with E-state index in [2.05, 4.69) is 18.9 Å². The number of rotatable bonds is 5. The zero-order valence-electron chi connectivity index (χ0n) is 13.2. The highest BCUT2D eigenvalue weighted by Gasteiger charge is 2.25. The summed E-state index contributed by atoms with van der Waals surface area (Å²) in [5.74, 6) is 0.428. The minimum Gasteiger partial charge on any atom is -0.272 e. The largest absolute Gasteiger partial charge is 0.272 e. The van der Waals surface area contributed by atoms with Crippen molar-refractivity contribution in [3.05, 3.63) is 17.0 Å². The molecular weight excluding hydrogens is 248 g/mol. The van der Waals surface area contributed by atoms with Gasteiger partial charge in [-0.25, -0.2) is 4.68 Å². The minimum atomic E-state index is 0.199. The molecule has 1 aromatic heterocycles. The molecule has 0 radical (unpaired) electrons. The van der Waals surface area contributed by atoms with Crippen molar-refractivity contribution in [3.63, 3.8) is 0 Å². The van der Waals surface area contributed by atoms with Crippen LogP contribution in [0.25, 0.3) is 0 Å². The number of aryl methyl sites for hydroxylation is 1. The van der Waals surface area contributed by atoms with Crippen molar-refractivity contribution in [2.75, 3.05) is 0 Å². The Morgan fingerprint density at radius 1 is 1.20 bits per heavy atom. The van der Waals surface area contributed by atoms with Crippen LogP contribution in [-0.4, -0.2) is 15.7 Å². The van der Waals surface area contributed by atoms with Gasteiger partial charge in [0.1, 0.15) is 0 Å². The van der Waals surface area contributed by atoms with E-state index in [1.54, 1.807) is 4.68 Å². The number of aromatic nitrogens is 2. The third-order valence-electron chi connectivity index (χ3n) is 4.63. The summed E-state index contributed by atoms with van der Waals surface area (Å²) in [6.45, 7) is 6.32. The van der Waals surface area contributed by atoms with Crippen molar-refractivity contribution < 1.29 is 4.79 Å². The van der Waals surface area contributed by atoms with E-state index in [4.69, 9.17) is 0 Å². The van der Waals surface area contributed by atoms with Crippen molar-refractivity contribution in [3.8, 4) is 0 Å². The maximum absolute atomic E-state index is 12.6. The molecule has 1 aliphatic rings. The summed E-state index contributed by atoms with van der Waals surface area (Å²) in [5.41, 5.74) is 3.42. The zero-order chi connectivity index (χ0) is 14.5. The Balaban J connectivity index is 2.11. The summed E-state index contributed by atoms with van der Waals surface area (Å²) < 4.78 is 1.70. The van der Waals surface area contributed by atoms with Crippen LogP contribution >= 0.6 is 0 Å². The quantitative estimate of drug-likeness (QED) is 0.744. The van der Waals surface area contributed by atoms with Crippen molar-refractivity contribution >= 4 is 5.91 Å². The Hall–Kier alpha value is -1.12. The number of carbonyl (C=O) groups excluding carboxylic acids is 1. The second-order valence-electron chi connectivity index (χ2n) is 6.19. The van der Waals surface area contributed by atoms with Gasteiger partial charge < -0.3 is 0 Å². The van der Waals surface area contributed by atoms with Crippen LogP contribution < -0.4 is 0 Å². The van der Waals surface area contributed by atoms with E-state index in [1.807, 2.05) is 6.92 Å². The van der Waals surface area contributed by atoms with Crippen molar-refractivity contribution in [2.24, 2.45) is 5.92 Å². The number of carbonyl (C=O) groups is 1. The van der Waals surface area contributed by atoms with Crippen molar-refractivity contribution in [1.82, 2.24) is 9.78 Å². The molecule has 1 aliphatic carbocycles. The van der Waals surface area contributed by atoms with Crippen molar-refractivity contribution in [1.29, 1.82) is 0 Å². The lowest BCUT2D eigenvalue weighted by atomic mass is 9.88. The van der Waals surface area contributed by atoms with Crippen LogP contribution in [0.3, 0.4) is 0 Å². The Kier molecular flexibility index (Phi) is 5.38. The molecule has 1 saturated carbocycles. The number of unbranched alkanes of at least 4 members (excludes halogenated alkanes) is 2. The molecule has 0 aromatic carbocycles. The van der Waals surface area contributed by atoms with Gasteiger partial charge in [-0.2, -0.15) is 5.10 Å². The maximum Gasteiger partial charge on any atom is 0.250 e. The molecule has 0 aliphatic heterocycles. The fourth-order valence-electron chi connectivity index (χ4n) is 3.33. The first-order chi connectivity index (χ1) is 9.65. The van der Waals surface area contributed by atoms with Gasteiger partial charge >= 0.3 is 0 Å². The highest BCUT2D eigenvalue weighted by Crippen LogP contribution is 2.26. The van der Waals surface area contributed by atoms with Crippen LogP contribution in [0.1, 0.15) is 80.0 Å². The second-order valence-corrected chi connectivity index (χ2v) is 6.19. The summed E-state index contributed by atoms with van der Waals surface area (Å²) >= 11 is 0. The van der Waals surface area contributed by atoms with E-state index >= 15 is 0 Å². The monoisotopic (exact) mass is 276 g/mol. The molecule has 1 aromatic rings. The van der Waals surface area contributed by atoms with E-state index in [0.29, 0.717) is 0 Å². The zero-order valence-corrected chi connectivity index (χ0v) is 13.2. The van der Waals surface area contributed by atoms with E-state index in [1.165, 1.54) is 44.1 Å². The smallest absolute Gasteiger partial charge is 0.250 e. The molecule has 1 fully saturated rings. The SMILES string of the molecule is CCCCCc1c(C)nn(C(=O)C2CCCCC2)c1C. The Morgan fingerprint density at radius 2 is 1.90 bits per heavy atom. The molecule has 0 bridgehead atoms. The number of hydrogen-bond acceptors (Lipinski definition) is 2. The minimum absolute atomic E-state index is 0.199. The van der Waals surface area contributed by atoms with Gasteiger partial charge in [-0.1, -0.05) is 39.0 Å². The molecule has 2 rings (SSSR count). The van der Waals surface area contributed by atoms with Gasteiger partial charge in [0.15, 0.2) is 0 Å². The van der Waals surface area contributed by atoms with Crippen molar-refractivity contribution in [2.45, 2.75) is 78.6 Å². The molecule has 112 valence electrons. The van der Waals surface area contributed by atoms with E-state index in [-0.39, 0.29) is 11.8 Å². The normalized spacial score (nSPS) is 16.6. The van der Waals surface area contributed by atoms with Gasteiger partial charge in [0.25, 0.3) is 0 Å². The van der Waals surface area contributed by atoms with Gasteiger partial charge in [-0.15, -0.1) is 0 Å². The highest BCUT2D eigenvalue weighted by molar-refractivity contribution is 5.81. The third kappa shape index (κ3) is 3.31. The molecular formula is C17H28N2O. The summed E-state index contributed by atoms with van der Waals surface area (Å²) in [5, 5.41) is 4.53. The summed E-state index contributed by atoms with van der Waals surface area (Å²) in [6, 6.07) is 0. The molecule has 3 nitrogen and oxygen atoms in total. The fourth-order valence-corrected chi connectivity index (χ4v) is 3.33. The average Bonchev–Trinajstić information content (AvgIpc) is 2.75. The van der Waals surface area contributed by atoms with Gasteiger partial charge in [0, 0.05) is 11.6 Å². The van der Waals surface area contributed by atoms with Crippen LogP contribution in [0, 0.1) is 19.8 Å². The van der Waals surface area contributed by atoms with Crippen LogP contribution in [0.15, 0.2) is 0 Å². The second kappa shape index (κ2) is 7.05. The predicted octanol–water partition coefficient (Wildman–Crippen LogP) is 4.45. The lowest BCUT2D eigenvalue weighted by molar-refractivity contribution is 0.0781. The Morgan fingerprint density at radius 3 is 2.55 bits per heavy atom. The van der Waals surface area contributed by atoms with Gasteiger partial charge in [0.05, 0.1) is 5.69 Å². The number of nitrogens with zero attached hydrogens (tertiary/aromatic N) is 2. The topological polar surface area (TPSA) is 34.9 Å². The lowest BCUT2D eigenvalue weighted by Crippen LogP contribution is -2.25. The highest BCUT2D eigenvalue weighted by atomic mass is 16.2. The molecule has 0 atom stereocenters. The maximum atomic E-state index is 12.6. The third-order valence-corrected chi connectivity index (χ3v) is 4.63. The van der Waals surface area contributed by atoms with Gasteiger partial charge in [-0.05, 0) is 45.1 Å². The van der Waals surface area contributed by atoms with Crippen LogP contribution in [0.4, 0.5) is 0 Å². The van der Waals surface area contributed by atoms with Gasteiger partial charge in [0.2, 0.25) is 5.91 Å². The standard InChI is InChI=1S/C17H28N2O/c1-4-5-7-12-16-13(2)18-19(14(16)3)17(20)15-10-8-6-9-11-15/h15H,4-12H2,1-3H3. The molecule has 0 N–H and O–H groups in total. The Bertz CT molecular complexity index is 456. The van der Waals surface area contributed by atoms with Gasteiger partial charge in [-0.3, -0.25) is 4.79 Å². The lowest BCUT2D eigenvalue weighted by Gasteiger charge is -2.20. The van der Waals surface area contributed by atoms with Crippen LogP contribution in [0.5, 0.6) is 0 Å². The summed E-state index contributed by atoms with van der Waals surface area (Å²) in [4.78, 5) is 12.6. The Labute approximate surface area is 122 Å². The number of hydrogen-bond donors (Lipinski definition) is 0. The first kappa shape index (κ1) is 15.3. The molecule has 0 spiro atoms. The molecule has 0 amide bonds. The molecule has 0 saturated heterocycles. The van der Waals surface area contributed by atoms with E-state index < -0.39 is 0 Å². The first-order valence-corrected chi connectivity index (χ1v) is 8.24.